The van der Waals surface area contributed by atoms with Crippen LogP contribution in [0.4, 0.5) is 4.79 Å². The van der Waals surface area contributed by atoms with Crippen molar-refractivity contribution in [3.63, 3.8) is 0 Å². The summed E-state index contributed by atoms with van der Waals surface area (Å²) < 4.78 is 33.6. The van der Waals surface area contributed by atoms with Crippen LogP contribution in [0.1, 0.15) is 44.7 Å². The van der Waals surface area contributed by atoms with Crippen LogP contribution >= 0.6 is 0 Å². The number of carboxylic acid groups (broad SMARTS) is 1. The van der Waals surface area contributed by atoms with E-state index >= 15 is 0 Å². The van der Waals surface area contributed by atoms with Crippen LogP contribution in [-0.2, 0) is 32.5 Å². The van der Waals surface area contributed by atoms with Crippen LogP contribution in [0, 0.1) is 11.8 Å². The van der Waals surface area contributed by atoms with Crippen LogP contribution < -0.4 is 0 Å². The number of piperidine rings is 1. The standard InChI is InChI=1S/C22H32N2O6S/c1-22(2,3)30-20(25)19(17-8-11-23(12-9-17)21(26)27)15-31(28,29)24-13-10-16-6-4-5-7-18(16)14-24/h4-7,17,19H,8-15H2,1-3H3,(H,26,27). The predicted molar refractivity (Wildman–Crippen MR) is 116 cm³/mol. The maximum Gasteiger partial charge on any atom is 0.407 e. The molecule has 1 saturated heterocycles. The van der Waals surface area contributed by atoms with Gasteiger partial charge in [0.1, 0.15) is 5.60 Å². The van der Waals surface area contributed by atoms with Crippen molar-refractivity contribution in [3.05, 3.63) is 35.4 Å². The quantitative estimate of drug-likeness (QED) is 0.689. The molecule has 1 amide bonds. The second-order valence-electron chi connectivity index (χ2n) is 9.38. The first kappa shape index (κ1) is 23.5. The molecule has 172 valence electrons. The van der Waals surface area contributed by atoms with Gasteiger partial charge in [-0.3, -0.25) is 4.79 Å². The highest BCUT2D eigenvalue weighted by molar-refractivity contribution is 7.89. The summed E-state index contributed by atoms with van der Waals surface area (Å²) in [5.41, 5.74) is 1.41. The molecule has 2 aliphatic rings. The molecule has 1 atom stereocenters. The molecule has 0 saturated carbocycles. The van der Waals surface area contributed by atoms with Crippen LogP contribution in [0.25, 0.3) is 0 Å². The van der Waals surface area contributed by atoms with Gasteiger partial charge in [-0.1, -0.05) is 24.3 Å². The first-order valence-electron chi connectivity index (χ1n) is 10.7. The maximum absolute atomic E-state index is 13.3. The third-order valence-corrected chi connectivity index (χ3v) is 7.85. The second-order valence-corrected chi connectivity index (χ2v) is 11.4. The molecule has 1 fully saturated rings. The van der Waals surface area contributed by atoms with Crippen LogP contribution in [0.15, 0.2) is 24.3 Å². The van der Waals surface area contributed by atoms with Crippen molar-refractivity contribution < 1.29 is 27.9 Å². The van der Waals surface area contributed by atoms with Gasteiger partial charge in [-0.25, -0.2) is 13.2 Å². The van der Waals surface area contributed by atoms with Gasteiger partial charge in [0.25, 0.3) is 0 Å². The van der Waals surface area contributed by atoms with Gasteiger partial charge in [-0.05, 0) is 57.1 Å². The van der Waals surface area contributed by atoms with Crippen molar-refractivity contribution in [1.82, 2.24) is 9.21 Å². The number of ether oxygens (including phenoxy) is 1. The minimum absolute atomic E-state index is 0.239. The van der Waals surface area contributed by atoms with Crippen molar-refractivity contribution in [3.8, 4) is 0 Å². The zero-order valence-electron chi connectivity index (χ0n) is 18.4. The summed E-state index contributed by atoms with van der Waals surface area (Å²) in [6.45, 7) is 6.53. The van der Waals surface area contributed by atoms with E-state index < -0.39 is 33.6 Å². The number of likely N-dealkylation sites (tertiary alicyclic amines) is 1. The molecule has 1 N–H and O–H groups in total. The Bertz CT molecular complexity index is 916. The van der Waals surface area contributed by atoms with Gasteiger partial charge in [0, 0.05) is 26.2 Å². The van der Waals surface area contributed by atoms with Gasteiger partial charge >= 0.3 is 12.1 Å². The lowest BCUT2D eigenvalue weighted by Gasteiger charge is -2.36. The van der Waals surface area contributed by atoms with Crippen molar-refractivity contribution in [2.75, 3.05) is 25.4 Å². The SMILES string of the molecule is CC(C)(C)OC(=O)C(CS(=O)(=O)N1CCc2ccccc2C1)C1CCN(C(=O)O)CC1. The summed E-state index contributed by atoms with van der Waals surface area (Å²) in [4.78, 5) is 25.5. The Morgan fingerprint density at radius 3 is 2.32 bits per heavy atom. The predicted octanol–water partition coefficient (Wildman–Crippen LogP) is 2.72. The van der Waals surface area contributed by atoms with E-state index in [4.69, 9.17) is 4.74 Å². The molecular formula is C22H32N2O6S. The van der Waals surface area contributed by atoms with Gasteiger partial charge in [0.2, 0.25) is 10.0 Å². The fourth-order valence-electron chi connectivity index (χ4n) is 4.31. The van der Waals surface area contributed by atoms with Gasteiger partial charge in [0.15, 0.2) is 0 Å². The molecule has 0 radical (unpaired) electrons. The Morgan fingerprint density at radius 2 is 1.74 bits per heavy atom. The highest BCUT2D eigenvalue weighted by Crippen LogP contribution is 2.31. The Kier molecular flexibility index (Phi) is 6.95. The zero-order valence-corrected chi connectivity index (χ0v) is 19.2. The lowest BCUT2D eigenvalue weighted by Crippen LogP contribution is -2.46. The summed E-state index contributed by atoms with van der Waals surface area (Å²) in [7, 11) is -3.70. The van der Waals surface area contributed by atoms with Crippen molar-refractivity contribution in [1.29, 1.82) is 0 Å². The molecule has 8 nitrogen and oxygen atoms in total. The lowest BCUT2D eigenvalue weighted by atomic mass is 9.85. The topological polar surface area (TPSA) is 104 Å². The minimum Gasteiger partial charge on any atom is -0.465 e. The maximum atomic E-state index is 13.3. The van der Waals surface area contributed by atoms with E-state index in [-0.39, 0.29) is 24.8 Å². The van der Waals surface area contributed by atoms with E-state index in [1.165, 1.54) is 9.21 Å². The molecule has 0 aromatic heterocycles. The molecule has 31 heavy (non-hydrogen) atoms. The number of fused-ring (bicyclic) bond motifs is 1. The second kappa shape index (κ2) is 9.16. The first-order valence-corrected chi connectivity index (χ1v) is 12.3. The normalized spacial score (nSPS) is 19.5. The number of nitrogens with zero attached hydrogens (tertiary/aromatic N) is 2. The number of amides is 1. The summed E-state index contributed by atoms with van der Waals surface area (Å²) in [6, 6.07) is 7.79. The van der Waals surface area contributed by atoms with E-state index in [1.54, 1.807) is 20.8 Å². The Labute approximate surface area is 184 Å². The summed E-state index contributed by atoms with van der Waals surface area (Å²) in [5.74, 6) is -1.90. The number of benzene rings is 1. The van der Waals surface area contributed by atoms with Crippen molar-refractivity contribution >= 4 is 22.1 Å². The van der Waals surface area contributed by atoms with E-state index in [1.807, 2.05) is 24.3 Å². The molecule has 1 unspecified atom stereocenters. The number of sulfonamides is 1. The fourth-order valence-corrected chi connectivity index (χ4v) is 6.08. The minimum atomic E-state index is -3.70. The van der Waals surface area contributed by atoms with Gasteiger partial charge < -0.3 is 14.7 Å². The summed E-state index contributed by atoms with van der Waals surface area (Å²) in [5, 5.41) is 9.19. The molecule has 2 aliphatic heterocycles. The number of carbonyl (C=O) groups is 2. The summed E-state index contributed by atoms with van der Waals surface area (Å²) >= 11 is 0. The average molecular weight is 453 g/mol. The van der Waals surface area contributed by atoms with Crippen LogP contribution in [-0.4, -0.2) is 65.8 Å². The van der Waals surface area contributed by atoms with E-state index in [2.05, 4.69) is 0 Å². The molecule has 3 rings (SSSR count). The van der Waals surface area contributed by atoms with E-state index in [0.717, 1.165) is 11.1 Å². The molecule has 9 heteroatoms. The van der Waals surface area contributed by atoms with Crippen molar-refractivity contribution in [2.45, 2.75) is 52.2 Å². The largest absolute Gasteiger partial charge is 0.465 e. The third kappa shape index (κ3) is 5.98. The van der Waals surface area contributed by atoms with Gasteiger partial charge in [-0.2, -0.15) is 4.31 Å². The van der Waals surface area contributed by atoms with E-state index in [9.17, 15) is 23.1 Å². The van der Waals surface area contributed by atoms with Crippen molar-refractivity contribution in [2.24, 2.45) is 11.8 Å². The Balaban J connectivity index is 1.77. The molecule has 1 aromatic rings. The molecule has 1 aromatic carbocycles. The first-order chi connectivity index (χ1) is 14.5. The Morgan fingerprint density at radius 1 is 1.13 bits per heavy atom. The zero-order chi connectivity index (χ0) is 22.8. The van der Waals surface area contributed by atoms with Crippen LogP contribution in [0.5, 0.6) is 0 Å². The third-order valence-electron chi connectivity index (χ3n) is 5.97. The highest BCUT2D eigenvalue weighted by atomic mass is 32.2. The van der Waals surface area contributed by atoms with Gasteiger partial charge in [0.05, 0.1) is 11.7 Å². The summed E-state index contributed by atoms with van der Waals surface area (Å²) in [6.07, 6.45) is 0.527. The number of carbonyl (C=O) groups excluding carboxylic acids is 1. The van der Waals surface area contributed by atoms with Crippen LogP contribution in [0.2, 0.25) is 0 Å². The lowest BCUT2D eigenvalue weighted by molar-refractivity contribution is -0.161. The molecule has 2 heterocycles. The molecule has 0 spiro atoms. The smallest absolute Gasteiger partial charge is 0.407 e. The Hall–Kier alpha value is -2.13. The number of rotatable bonds is 5. The number of hydrogen-bond donors (Lipinski definition) is 1. The molecular weight excluding hydrogens is 420 g/mol. The number of hydrogen-bond acceptors (Lipinski definition) is 5. The molecule has 0 aliphatic carbocycles. The van der Waals surface area contributed by atoms with Gasteiger partial charge in [-0.15, -0.1) is 0 Å². The fraction of sp³-hybridized carbons (Fsp3) is 0.636. The monoisotopic (exact) mass is 452 g/mol. The molecule has 0 bridgehead atoms. The van der Waals surface area contributed by atoms with Crippen LogP contribution in [0.3, 0.4) is 0 Å². The highest BCUT2D eigenvalue weighted by Gasteiger charge is 2.40. The number of esters is 1. The average Bonchev–Trinajstić information content (AvgIpc) is 2.70. The van der Waals surface area contributed by atoms with E-state index in [0.29, 0.717) is 32.4 Å².